The first kappa shape index (κ1) is 14.0. The lowest BCUT2D eigenvalue weighted by molar-refractivity contribution is 0.579. The van der Waals surface area contributed by atoms with E-state index in [1.165, 1.54) is 6.20 Å². The Morgan fingerprint density at radius 2 is 2.21 bits per heavy atom. The van der Waals surface area contributed by atoms with Crippen LogP contribution in [0.5, 0.6) is 0 Å². The third-order valence-corrected chi connectivity index (χ3v) is 4.39. The predicted molar refractivity (Wildman–Crippen MR) is 71.1 cm³/mol. The van der Waals surface area contributed by atoms with Crippen molar-refractivity contribution in [1.82, 2.24) is 14.7 Å². The fraction of sp³-hybridized carbons (Fsp3) is 0.100. The fourth-order valence-corrected chi connectivity index (χ4v) is 3.03. The zero-order valence-corrected chi connectivity index (χ0v) is 11.9. The molecule has 0 atom stereocenters. The van der Waals surface area contributed by atoms with Gasteiger partial charge in [-0.3, -0.25) is 0 Å². The molecule has 1 aromatic carbocycles. The summed E-state index contributed by atoms with van der Waals surface area (Å²) in [4.78, 5) is 6.45. The number of rotatable bonds is 4. The molecule has 102 valence electrons. The van der Waals surface area contributed by atoms with Gasteiger partial charge >= 0.3 is 0 Å². The van der Waals surface area contributed by atoms with E-state index in [9.17, 15) is 12.8 Å². The molecular formula is C10H10BrFN4O2S. The first-order chi connectivity index (χ1) is 8.90. The minimum Gasteiger partial charge on any atom is -0.398 e. The molecule has 0 saturated carbocycles. The number of nitrogens with zero attached hydrogens (tertiary/aromatic N) is 1. The topological polar surface area (TPSA) is 101 Å². The summed E-state index contributed by atoms with van der Waals surface area (Å²) in [6, 6.07) is 2.07. The average molecular weight is 349 g/mol. The molecule has 0 bridgehead atoms. The molecule has 0 saturated heterocycles. The van der Waals surface area contributed by atoms with Gasteiger partial charge in [0.05, 0.1) is 16.7 Å². The van der Waals surface area contributed by atoms with Gasteiger partial charge in [-0.15, -0.1) is 0 Å². The van der Waals surface area contributed by atoms with Crippen LogP contribution in [0.4, 0.5) is 10.1 Å². The van der Waals surface area contributed by atoms with Gasteiger partial charge in [0.1, 0.15) is 16.5 Å². The van der Waals surface area contributed by atoms with E-state index >= 15 is 0 Å². The van der Waals surface area contributed by atoms with E-state index in [0.29, 0.717) is 5.82 Å². The minimum atomic E-state index is -3.84. The second-order valence-corrected chi connectivity index (χ2v) is 6.25. The molecule has 0 aliphatic heterocycles. The van der Waals surface area contributed by atoms with E-state index in [2.05, 4.69) is 30.6 Å². The molecule has 0 aliphatic rings. The molecule has 4 N–H and O–H groups in total. The number of anilines is 1. The number of sulfonamides is 1. The minimum absolute atomic E-state index is 0.0101. The second kappa shape index (κ2) is 5.27. The van der Waals surface area contributed by atoms with Crippen molar-refractivity contribution < 1.29 is 12.8 Å². The van der Waals surface area contributed by atoms with Gasteiger partial charge in [-0.2, -0.15) is 0 Å². The quantitative estimate of drug-likeness (QED) is 0.726. The van der Waals surface area contributed by atoms with Gasteiger partial charge < -0.3 is 10.7 Å². The van der Waals surface area contributed by atoms with E-state index in [0.717, 1.165) is 12.1 Å². The van der Waals surface area contributed by atoms with Gasteiger partial charge in [-0.25, -0.2) is 22.5 Å². The van der Waals surface area contributed by atoms with Crippen molar-refractivity contribution in [1.29, 1.82) is 0 Å². The number of aromatic amines is 1. The van der Waals surface area contributed by atoms with Gasteiger partial charge in [0.2, 0.25) is 10.0 Å². The highest BCUT2D eigenvalue weighted by Crippen LogP contribution is 2.26. The van der Waals surface area contributed by atoms with Crippen molar-refractivity contribution in [2.75, 3.05) is 5.73 Å². The summed E-state index contributed by atoms with van der Waals surface area (Å²) in [5, 5.41) is 0. The van der Waals surface area contributed by atoms with Crippen LogP contribution in [0.2, 0.25) is 0 Å². The van der Waals surface area contributed by atoms with E-state index in [4.69, 9.17) is 5.73 Å². The Hall–Kier alpha value is -1.45. The Morgan fingerprint density at radius 1 is 1.47 bits per heavy atom. The lowest BCUT2D eigenvalue weighted by Gasteiger charge is -2.09. The van der Waals surface area contributed by atoms with Crippen molar-refractivity contribution in [2.24, 2.45) is 0 Å². The Balaban J connectivity index is 2.27. The van der Waals surface area contributed by atoms with Crippen LogP contribution < -0.4 is 10.5 Å². The van der Waals surface area contributed by atoms with Crippen molar-refractivity contribution in [3.8, 4) is 0 Å². The zero-order chi connectivity index (χ0) is 14.0. The Bertz CT molecular complexity index is 688. The van der Waals surface area contributed by atoms with Gasteiger partial charge in [0.15, 0.2) is 0 Å². The zero-order valence-electron chi connectivity index (χ0n) is 9.52. The average Bonchev–Trinajstić information content (AvgIpc) is 2.84. The molecule has 2 rings (SSSR count). The second-order valence-electron chi connectivity index (χ2n) is 3.66. The van der Waals surface area contributed by atoms with Gasteiger partial charge in [-0.05, 0) is 28.1 Å². The van der Waals surface area contributed by atoms with Crippen LogP contribution in [-0.2, 0) is 16.6 Å². The highest BCUT2D eigenvalue weighted by molar-refractivity contribution is 9.10. The molecule has 0 aliphatic carbocycles. The molecule has 6 nitrogen and oxygen atoms in total. The van der Waals surface area contributed by atoms with Crippen LogP contribution in [0.3, 0.4) is 0 Å². The highest BCUT2D eigenvalue weighted by Gasteiger charge is 2.19. The molecule has 9 heteroatoms. The van der Waals surface area contributed by atoms with Gasteiger partial charge in [-0.1, -0.05) is 0 Å². The smallest absolute Gasteiger partial charge is 0.243 e. The SMILES string of the molecule is Nc1cc(F)c(Br)cc1S(=O)(=O)NCc1ncc[nH]1. The Labute approximate surface area is 117 Å². The molecule has 19 heavy (non-hydrogen) atoms. The lowest BCUT2D eigenvalue weighted by Crippen LogP contribution is -2.24. The number of H-pyrrole nitrogens is 1. The summed E-state index contributed by atoms with van der Waals surface area (Å²) in [5.74, 6) is -0.161. The van der Waals surface area contributed by atoms with Crippen LogP contribution in [-0.4, -0.2) is 18.4 Å². The van der Waals surface area contributed by atoms with E-state index < -0.39 is 15.8 Å². The number of nitrogens with one attached hydrogen (secondary N) is 2. The van der Waals surface area contributed by atoms with Crippen molar-refractivity contribution in [2.45, 2.75) is 11.4 Å². The molecule has 0 spiro atoms. The van der Waals surface area contributed by atoms with Crippen molar-refractivity contribution >= 4 is 31.6 Å². The molecule has 0 fully saturated rings. The molecular weight excluding hydrogens is 339 g/mol. The first-order valence-electron chi connectivity index (χ1n) is 5.12. The van der Waals surface area contributed by atoms with E-state index in [1.54, 1.807) is 6.20 Å². The molecule has 0 amide bonds. The number of aromatic nitrogens is 2. The maximum absolute atomic E-state index is 13.2. The number of benzene rings is 1. The normalized spacial score (nSPS) is 11.7. The van der Waals surface area contributed by atoms with Crippen LogP contribution in [0, 0.1) is 5.82 Å². The number of nitrogen functional groups attached to an aromatic ring is 1. The molecule has 2 aromatic rings. The van der Waals surface area contributed by atoms with Gasteiger partial charge in [0, 0.05) is 12.4 Å². The van der Waals surface area contributed by atoms with Crippen LogP contribution >= 0.6 is 15.9 Å². The maximum atomic E-state index is 13.2. The van der Waals surface area contributed by atoms with Crippen LogP contribution in [0.1, 0.15) is 5.82 Å². The predicted octanol–water partition coefficient (Wildman–Crippen LogP) is 1.37. The summed E-state index contributed by atoms with van der Waals surface area (Å²) < 4.78 is 39.6. The summed E-state index contributed by atoms with van der Waals surface area (Å²) in [6.45, 7) is -0.0101. The summed E-state index contributed by atoms with van der Waals surface area (Å²) in [6.07, 6.45) is 3.08. The summed E-state index contributed by atoms with van der Waals surface area (Å²) >= 11 is 2.92. The lowest BCUT2D eigenvalue weighted by atomic mass is 10.3. The number of halogens is 2. The van der Waals surface area contributed by atoms with Crippen LogP contribution in [0.25, 0.3) is 0 Å². The number of nitrogens with two attached hydrogens (primary N) is 1. The molecule has 1 aromatic heterocycles. The highest BCUT2D eigenvalue weighted by atomic mass is 79.9. The third-order valence-electron chi connectivity index (χ3n) is 2.33. The number of imidazole rings is 1. The van der Waals surface area contributed by atoms with E-state index in [1.807, 2.05) is 0 Å². The van der Waals surface area contributed by atoms with Crippen LogP contribution in [0.15, 0.2) is 33.9 Å². The Morgan fingerprint density at radius 3 is 2.84 bits per heavy atom. The number of hydrogen-bond acceptors (Lipinski definition) is 4. The summed E-state index contributed by atoms with van der Waals surface area (Å²) in [7, 11) is -3.84. The standard InChI is InChI=1S/C10H10BrFN4O2S/c11-6-3-9(8(13)4-7(6)12)19(17,18)16-5-10-14-1-2-15-10/h1-4,16H,5,13H2,(H,14,15). The van der Waals surface area contributed by atoms with Crippen molar-refractivity contribution in [3.63, 3.8) is 0 Å². The Kier molecular flexibility index (Phi) is 3.88. The van der Waals surface area contributed by atoms with E-state index in [-0.39, 0.29) is 21.6 Å². The molecule has 1 heterocycles. The molecule has 0 unspecified atom stereocenters. The van der Waals surface area contributed by atoms with Crippen molar-refractivity contribution in [3.05, 3.63) is 40.6 Å². The summed E-state index contributed by atoms with van der Waals surface area (Å²) in [5.41, 5.74) is 5.36. The molecule has 0 radical (unpaired) electrons. The fourth-order valence-electron chi connectivity index (χ4n) is 1.41. The first-order valence-corrected chi connectivity index (χ1v) is 7.40. The monoisotopic (exact) mass is 348 g/mol. The largest absolute Gasteiger partial charge is 0.398 e. The number of hydrogen-bond donors (Lipinski definition) is 3. The van der Waals surface area contributed by atoms with Gasteiger partial charge in [0.25, 0.3) is 0 Å². The maximum Gasteiger partial charge on any atom is 0.243 e. The third kappa shape index (κ3) is 3.11.